The van der Waals surface area contributed by atoms with Crippen LogP contribution in [-0.4, -0.2) is 79.1 Å². The summed E-state index contributed by atoms with van der Waals surface area (Å²) >= 11 is 0. The highest BCUT2D eigenvalue weighted by atomic mass is 19.3. The van der Waals surface area contributed by atoms with Gasteiger partial charge in [0.25, 0.3) is 0 Å². The predicted molar refractivity (Wildman–Crippen MR) is 240 cm³/mol. The van der Waals surface area contributed by atoms with Gasteiger partial charge in [0.15, 0.2) is 23.7 Å². The first-order valence-corrected chi connectivity index (χ1v) is 21.8. The SMILES string of the molecule is C=C(C)N1CCN(C(=O)CC(N)Cc2cc(F)c(F)cc2F)C/C1=C(\C(C)=O)C(C)CC.CCCC(CCC)CCC.CCCCCNC.FCF.O=Cc1ccccc1O. The normalized spacial score (nSPS) is 13.8. The number of benzene rings is 2. The monoisotopic (exact) mass is 869 g/mol. The standard InChI is InChI=1S/C24H32F3N3O2.C10H22.C7H6O2.C6H15N.CH2F2/c1-6-15(4)24(16(5)31)22-13-29(7-8-30(22)14(2)3)23(32)11-18(28)9-17-10-20(26)21(27)12-19(17)25;1-4-7-10(8-5-2)9-6-3;8-5-6-3-1-2-4-7(6)9;1-3-4-5-6-7-2;2-1-3/h10,12,15,18H,2,6-9,11,13,28H2,1,3-5H3;10H,4-9H2,1-3H3;1-5,9H;7H,3-6H2,1-2H3;1H2/b24-22+;;;;. The van der Waals surface area contributed by atoms with Crippen LogP contribution in [0.3, 0.4) is 0 Å². The molecule has 61 heavy (non-hydrogen) atoms. The molecular weight excluding hydrogens is 792 g/mol. The van der Waals surface area contributed by atoms with E-state index in [0.29, 0.717) is 36.6 Å². The van der Waals surface area contributed by atoms with Gasteiger partial charge in [0.1, 0.15) is 11.6 Å². The number of alkyl halides is 2. The molecule has 1 fully saturated rings. The van der Waals surface area contributed by atoms with Crippen LogP contribution < -0.4 is 11.1 Å². The molecule has 1 aliphatic heterocycles. The lowest BCUT2D eigenvalue weighted by atomic mass is 9.91. The summed E-state index contributed by atoms with van der Waals surface area (Å²) in [5.41, 5.74) is 8.53. The van der Waals surface area contributed by atoms with Crippen LogP contribution in [-0.2, 0) is 16.0 Å². The van der Waals surface area contributed by atoms with Crippen molar-refractivity contribution in [3.05, 3.63) is 88.5 Å². The summed E-state index contributed by atoms with van der Waals surface area (Å²) in [4.78, 5) is 39.0. The lowest BCUT2D eigenvalue weighted by Crippen LogP contribution is -2.48. The number of ketones is 1. The highest BCUT2D eigenvalue weighted by Crippen LogP contribution is 2.28. The number of phenols is 1. The Morgan fingerprint density at radius 1 is 0.902 bits per heavy atom. The van der Waals surface area contributed by atoms with Crippen molar-refractivity contribution in [2.75, 3.05) is 40.2 Å². The van der Waals surface area contributed by atoms with Crippen LogP contribution in [0.4, 0.5) is 22.0 Å². The van der Waals surface area contributed by atoms with Gasteiger partial charge in [-0.25, -0.2) is 22.0 Å². The number of para-hydroxylation sites is 1. The molecule has 0 aromatic heterocycles. The molecule has 0 radical (unpaired) electrons. The summed E-state index contributed by atoms with van der Waals surface area (Å²) in [5, 5.41) is 12.0. The zero-order valence-corrected chi connectivity index (χ0v) is 38.5. The molecule has 8 nitrogen and oxygen atoms in total. The fourth-order valence-corrected chi connectivity index (χ4v) is 6.83. The second-order valence-corrected chi connectivity index (χ2v) is 15.3. The topological polar surface area (TPSA) is 116 Å². The Hall–Kier alpha value is -4.10. The number of hydrogen-bond donors (Lipinski definition) is 3. The minimum absolute atomic E-state index is 0.0259. The van der Waals surface area contributed by atoms with Crippen LogP contribution in [0.5, 0.6) is 5.75 Å². The summed E-state index contributed by atoms with van der Waals surface area (Å²) in [6, 6.07) is 6.88. The second-order valence-electron chi connectivity index (χ2n) is 15.3. The lowest BCUT2D eigenvalue weighted by Gasteiger charge is -2.40. The minimum atomic E-state index is -1.75. The molecule has 0 aliphatic carbocycles. The third-order valence-corrected chi connectivity index (χ3v) is 10.1. The average molecular weight is 869 g/mol. The zero-order chi connectivity index (χ0) is 46.9. The molecule has 348 valence electrons. The fraction of sp³-hybridized carbons (Fsp3) is 0.604. The lowest BCUT2D eigenvalue weighted by molar-refractivity contribution is -0.132. The first kappa shape index (κ1) is 59.0. The van der Waals surface area contributed by atoms with Crippen LogP contribution in [0.15, 0.2) is 59.9 Å². The van der Waals surface area contributed by atoms with E-state index in [1.165, 1.54) is 77.3 Å². The number of Topliss-reactive ketones (excluding diaryl/α,β-unsaturated/α-hetero) is 1. The van der Waals surface area contributed by atoms with E-state index in [0.717, 1.165) is 29.8 Å². The van der Waals surface area contributed by atoms with Crippen molar-refractivity contribution in [3.8, 4) is 5.75 Å². The zero-order valence-electron chi connectivity index (χ0n) is 38.5. The molecule has 2 unspecified atom stereocenters. The number of allylic oxidation sites excluding steroid dienone is 2. The van der Waals surface area contributed by atoms with E-state index >= 15 is 0 Å². The van der Waals surface area contributed by atoms with Gasteiger partial charge in [-0.1, -0.05) is 112 Å². The largest absolute Gasteiger partial charge is 0.507 e. The molecule has 2 aromatic carbocycles. The minimum Gasteiger partial charge on any atom is -0.507 e. The summed E-state index contributed by atoms with van der Waals surface area (Å²) in [6.07, 6.45) is 13.7. The second kappa shape index (κ2) is 35.5. The van der Waals surface area contributed by atoms with Crippen LogP contribution >= 0.6 is 0 Å². The number of nitrogens with zero attached hydrogens (tertiary/aromatic N) is 2. The Labute approximate surface area is 364 Å². The summed E-state index contributed by atoms with van der Waals surface area (Å²) < 4.78 is 59.7. The quantitative estimate of drug-likeness (QED) is 0.0423. The van der Waals surface area contributed by atoms with Gasteiger partial charge in [0.05, 0.1) is 12.1 Å². The molecule has 0 bridgehead atoms. The van der Waals surface area contributed by atoms with Gasteiger partial charge in [-0.2, -0.15) is 0 Å². The van der Waals surface area contributed by atoms with Gasteiger partial charge in [0, 0.05) is 48.6 Å². The van der Waals surface area contributed by atoms with E-state index in [1.807, 2.05) is 32.7 Å². The van der Waals surface area contributed by atoms with E-state index in [-0.39, 0.29) is 48.3 Å². The van der Waals surface area contributed by atoms with Gasteiger partial charge >= 0.3 is 0 Å². The smallest absolute Gasteiger partial charge is 0.229 e. The van der Waals surface area contributed by atoms with Crippen molar-refractivity contribution in [2.45, 2.75) is 138 Å². The summed E-state index contributed by atoms with van der Waals surface area (Å²) in [7, 11) is 2.00. The van der Waals surface area contributed by atoms with Crippen molar-refractivity contribution in [2.24, 2.45) is 17.6 Å². The number of rotatable bonds is 19. The molecule has 1 saturated heterocycles. The number of piperazine rings is 1. The first-order valence-electron chi connectivity index (χ1n) is 21.8. The van der Waals surface area contributed by atoms with Crippen LogP contribution in [0, 0.1) is 29.3 Å². The Balaban J connectivity index is 0. The van der Waals surface area contributed by atoms with E-state index in [2.05, 4.69) is 39.6 Å². The highest BCUT2D eigenvalue weighted by molar-refractivity contribution is 5.94. The maximum atomic E-state index is 13.9. The number of amides is 1. The van der Waals surface area contributed by atoms with Crippen LogP contribution in [0.1, 0.15) is 142 Å². The Morgan fingerprint density at radius 3 is 1.90 bits per heavy atom. The first-order chi connectivity index (χ1) is 29.0. The van der Waals surface area contributed by atoms with Crippen molar-refractivity contribution in [3.63, 3.8) is 0 Å². The molecule has 1 aliphatic rings. The summed E-state index contributed by atoms with van der Waals surface area (Å²) in [6.45, 7) is 21.1. The van der Waals surface area contributed by atoms with Gasteiger partial charge in [-0.3, -0.25) is 14.4 Å². The molecule has 1 amide bonds. The van der Waals surface area contributed by atoms with Gasteiger partial charge in [-0.15, -0.1) is 0 Å². The predicted octanol–water partition coefficient (Wildman–Crippen LogP) is 11.4. The number of carbonyl (C=O) groups excluding carboxylic acids is 3. The number of halogens is 5. The molecule has 13 heteroatoms. The Bertz CT molecular complexity index is 1560. The molecule has 0 spiro atoms. The average Bonchev–Trinajstić information content (AvgIpc) is 3.21. The number of hydrogen-bond acceptors (Lipinski definition) is 7. The number of aldehydes is 1. The van der Waals surface area contributed by atoms with Gasteiger partial charge in [-0.05, 0) is 82.3 Å². The maximum Gasteiger partial charge on any atom is 0.229 e. The van der Waals surface area contributed by atoms with E-state index in [1.54, 1.807) is 23.1 Å². The molecule has 2 aromatic rings. The molecule has 2 atom stereocenters. The molecule has 0 saturated carbocycles. The molecular formula is C48H77F5N4O4. The number of aromatic hydroxyl groups is 1. The van der Waals surface area contributed by atoms with Crippen molar-refractivity contribution >= 4 is 18.0 Å². The van der Waals surface area contributed by atoms with Gasteiger partial charge in [0.2, 0.25) is 12.8 Å². The number of carbonyl (C=O) groups is 3. The number of nitrogens with one attached hydrogen (secondary N) is 1. The van der Waals surface area contributed by atoms with Crippen molar-refractivity contribution in [1.82, 2.24) is 15.1 Å². The summed E-state index contributed by atoms with van der Waals surface area (Å²) in [5.74, 6) is -2.52. The van der Waals surface area contributed by atoms with Crippen molar-refractivity contribution < 1.29 is 41.4 Å². The number of phenolic OH excluding ortho intramolecular Hbond substituents is 1. The Morgan fingerprint density at radius 2 is 1.46 bits per heavy atom. The van der Waals surface area contributed by atoms with E-state index in [4.69, 9.17) is 10.8 Å². The van der Waals surface area contributed by atoms with Crippen molar-refractivity contribution in [1.29, 1.82) is 0 Å². The number of unbranched alkanes of at least 4 members (excludes halogenated alkanes) is 2. The maximum absolute atomic E-state index is 13.9. The van der Waals surface area contributed by atoms with E-state index < -0.39 is 30.4 Å². The third kappa shape index (κ3) is 24.8. The highest BCUT2D eigenvalue weighted by Gasteiger charge is 2.30. The molecule has 3 rings (SSSR count). The molecule has 1 heterocycles. The Kier molecular flexibility index (Phi) is 34.3. The third-order valence-electron chi connectivity index (χ3n) is 10.1. The van der Waals surface area contributed by atoms with E-state index in [9.17, 15) is 36.3 Å². The molecule has 4 N–H and O–H groups in total. The van der Waals surface area contributed by atoms with Crippen LogP contribution in [0.2, 0.25) is 0 Å². The number of nitrogens with two attached hydrogens (primary N) is 1. The fourth-order valence-electron chi connectivity index (χ4n) is 6.83. The van der Waals surface area contributed by atoms with Gasteiger partial charge < -0.3 is 26.0 Å². The van der Waals surface area contributed by atoms with Crippen LogP contribution in [0.25, 0.3) is 0 Å².